The van der Waals surface area contributed by atoms with E-state index in [9.17, 15) is 4.79 Å². The molecule has 0 unspecified atom stereocenters. The van der Waals surface area contributed by atoms with Crippen molar-refractivity contribution in [3.8, 4) is 0 Å². The lowest BCUT2D eigenvalue weighted by Crippen LogP contribution is -2.35. The van der Waals surface area contributed by atoms with E-state index in [1.54, 1.807) is 0 Å². The lowest BCUT2D eigenvalue weighted by molar-refractivity contribution is -0.120. The number of thiocarbonyl (C=S) groups is 1. The van der Waals surface area contributed by atoms with Crippen LogP contribution in [0.3, 0.4) is 0 Å². The number of carbonyl (C=O) groups excluding carboxylic acids is 1. The molecule has 1 fully saturated rings. The molecule has 0 aromatic rings. The first-order valence-corrected chi connectivity index (χ1v) is 4.36. The Morgan fingerprint density at radius 3 is 3.08 bits per heavy atom. The average molecular weight is 187 g/mol. The minimum Gasteiger partial charge on any atom is -0.392 e. The molecule has 1 heterocycles. The Balaban J connectivity index is 2.35. The Morgan fingerprint density at radius 2 is 2.42 bits per heavy atom. The largest absolute Gasteiger partial charge is 0.392 e. The van der Waals surface area contributed by atoms with Gasteiger partial charge in [-0.15, -0.1) is 0 Å². The van der Waals surface area contributed by atoms with Crippen LogP contribution in [0.4, 0.5) is 0 Å². The van der Waals surface area contributed by atoms with Crippen molar-refractivity contribution in [1.29, 1.82) is 0 Å². The van der Waals surface area contributed by atoms with Gasteiger partial charge in [-0.05, 0) is 0 Å². The molecule has 1 saturated heterocycles. The number of amides is 1. The highest BCUT2D eigenvalue weighted by molar-refractivity contribution is 7.80. The predicted molar refractivity (Wildman–Crippen MR) is 50.9 cm³/mol. The zero-order chi connectivity index (χ0) is 8.97. The van der Waals surface area contributed by atoms with Crippen LogP contribution in [0, 0.1) is 0 Å². The van der Waals surface area contributed by atoms with E-state index in [-0.39, 0.29) is 5.91 Å². The van der Waals surface area contributed by atoms with Gasteiger partial charge in [0.2, 0.25) is 5.91 Å². The van der Waals surface area contributed by atoms with Crippen molar-refractivity contribution in [3.63, 3.8) is 0 Å². The molecule has 0 aromatic carbocycles. The maximum absolute atomic E-state index is 10.9. The standard InChI is InChI=1S/C7H13N3OS/c8-6(12)5-10-3-1-7(11)9-2-4-10/h1-5H2,(H2,8,12)(H,9,11). The molecule has 68 valence electrons. The van der Waals surface area contributed by atoms with Gasteiger partial charge in [-0.2, -0.15) is 0 Å². The zero-order valence-corrected chi connectivity index (χ0v) is 7.69. The second kappa shape index (κ2) is 4.37. The number of nitrogens with one attached hydrogen (secondary N) is 1. The van der Waals surface area contributed by atoms with E-state index >= 15 is 0 Å². The average Bonchev–Trinajstić information content (AvgIpc) is 2.15. The van der Waals surface area contributed by atoms with Crippen molar-refractivity contribution >= 4 is 23.1 Å². The molecular weight excluding hydrogens is 174 g/mol. The Labute approximate surface area is 77.1 Å². The zero-order valence-electron chi connectivity index (χ0n) is 6.88. The Bertz CT molecular complexity index is 195. The number of hydrogen-bond acceptors (Lipinski definition) is 3. The third-order valence-electron chi connectivity index (χ3n) is 1.78. The molecule has 12 heavy (non-hydrogen) atoms. The summed E-state index contributed by atoms with van der Waals surface area (Å²) in [6.07, 6.45) is 0.544. The quantitative estimate of drug-likeness (QED) is 0.550. The topological polar surface area (TPSA) is 58.4 Å². The molecule has 0 aromatic heterocycles. The van der Waals surface area contributed by atoms with Gasteiger partial charge in [0, 0.05) is 32.6 Å². The first-order chi connectivity index (χ1) is 5.68. The van der Waals surface area contributed by atoms with Gasteiger partial charge in [0.15, 0.2) is 0 Å². The van der Waals surface area contributed by atoms with E-state index in [1.807, 2.05) is 0 Å². The van der Waals surface area contributed by atoms with Gasteiger partial charge in [-0.3, -0.25) is 9.69 Å². The van der Waals surface area contributed by atoms with E-state index in [0.717, 1.165) is 13.1 Å². The van der Waals surface area contributed by atoms with E-state index in [4.69, 9.17) is 18.0 Å². The van der Waals surface area contributed by atoms with Crippen LogP contribution in [0.2, 0.25) is 0 Å². The van der Waals surface area contributed by atoms with Crippen LogP contribution in [0.25, 0.3) is 0 Å². The molecule has 0 radical (unpaired) electrons. The first-order valence-electron chi connectivity index (χ1n) is 3.96. The molecule has 5 heteroatoms. The summed E-state index contributed by atoms with van der Waals surface area (Å²) < 4.78 is 0. The number of hydrogen-bond donors (Lipinski definition) is 2. The minimum absolute atomic E-state index is 0.112. The number of rotatable bonds is 2. The summed E-state index contributed by atoms with van der Waals surface area (Å²) in [6, 6.07) is 0. The normalized spacial score (nSPS) is 19.8. The van der Waals surface area contributed by atoms with Gasteiger partial charge >= 0.3 is 0 Å². The van der Waals surface area contributed by atoms with Crippen LogP contribution in [0.1, 0.15) is 6.42 Å². The third-order valence-corrected chi connectivity index (χ3v) is 1.91. The first kappa shape index (κ1) is 9.41. The molecule has 1 amide bonds. The predicted octanol–water partition coefficient (Wildman–Crippen LogP) is -0.906. The van der Waals surface area contributed by atoms with E-state index in [2.05, 4.69) is 10.2 Å². The highest BCUT2D eigenvalue weighted by Crippen LogP contribution is 1.95. The molecule has 0 saturated carbocycles. The monoisotopic (exact) mass is 187 g/mol. The van der Waals surface area contributed by atoms with Crippen LogP contribution in [-0.4, -0.2) is 42.0 Å². The molecule has 1 aliphatic heterocycles. The van der Waals surface area contributed by atoms with Crippen molar-refractivity contribution in [2.75, 3.05) is 26.2 Å². The third kappa shape index (κ3) is 3.15. The molecule has 1 aliphatic rings. The Morgan fingerprint density at radius 1 is 1.67 bits per heavy atom. The molecule has 0 atom stereocenters. The van der Waals surface area contributed by atoms with Gasteiger partial charge in [0.25, 0.3) is 0 Å². The fourth-order valence-electron chi connectivity index (χ4n) is 1.19. The molecule has 0 spiro atoms. The minimum atomic E-state index is 0.112. The summed E-state index contributed by atoms with van der Waals surface area (Å²) in [7, 11) is 0. The Hall–Kier alpha value is -0.680. The van der Waals surface area contributed by atoms with Crippen molar-refractivity contribution in [2.45, 2.75) is 6.42 Å². The van der Waals surface area contributed by atoms with Crippen LogP contribution in [-0.2, 0) is 4.79 Å². The maximum Gasteiger partial charge on any atom is 0.221 e. The van der Waals surface area contributed by atoms with Gasteiger partial charge in [0.1, 0.15) is 0 Å². The van der Waals surface area contributed by atoms with Gasteiger partial charge < -0.3 is 11.1 Å². The molecule has 0 aliphatic carbocycles. The van der Waals surface area contributed by atoms with Crippen molar-refractivity contribution < 1.29 is 4.79 Å². The molecule has 3 N–H and O–H groups in total. The summed E-state index contributed by atoms with van der Waals surface area (Å²) in [6.45, 7) is 2.90. The van der Waals surface area contributed by atoms with Crippen LogP contribution >= 0.6 is 12.2 Å². The molecule has 4 nitrogen and oxygen atoms in total. The molecular formula is C7H13N3OS. The van der Waals surface area contributed by atoms with Crippen molar-refractivity contribution in [2.24, 2.45) is 5.73 Å². The van der Waals surface area contributed by atoms with Crippen molar-refractivity contribution in [1.82, 2.24) is 10.2 Å². The lowest BCUT2D eigenvalue weighted by Gasteiger charge is -2.17. The summed E-state index contributed by atoms with van der Waals surface area (Å²) >= 11 is 4.78. The molecule has 0 bridgehead atoms. The maximum atomic E-state index is 10.9. The molecule has 1 rings (SSSR count). The second-order valence-electron chi connectivity index (χ2n) is 2.84. The fraction of sp³-hybridized carbons (Fsp3) is 0.714. The van der Waals surface area contributed by atoms with Gasteiger partial charge in [0.05, 0.1) is 4.99 Å². The highest BCUT2D eigenvalue weighted by Gasteiger charge is 2.12. The SMILES string of the molecule is NC(=S)CN1CCNC(=O)CC1. The smallest absolute Gasteiger partial charge is 0.221 e. The number of carbonyl (C=O) groups is 1. The van der Waals surface area contributed by atoms with Crippen LogP contribution in [0.15, 0.2) is 0 Å². The van der Waals surface area contributed by atoms with E-state index in [1.165, 1.54) is 0 Å². The lowest BCUT2D eigenvalue weighted by atomic mass is 10.4. The summed E-state index contributed by atoms with van der Waals surface area (Å²) in [5.74, 6) is 0.112. The van der Waals surface area contributed by atoms with E-state index in [0.29, 0.717) is 24.5 Å². The van der Waals surface area contributed by atoms with Gasteiger partial charge in [-0.25, -0.2) is 0 Å². The summed E-state index contributed by atoms with van der Waals surface area (Å²) in [5.41, 5.74) is 5.39. The van der Waals surface area contributed by atoms with Crippen molar-refractivity contribution in [3.05, 3.63) is 0 Å². The second-order valence-corrected chi connectivity index (χ2v) is 3.37. The number of nitrogens with two attached hydrogens (primary N) is 1. The fourth-order valence-corrected chi connectivity index (χ4v) is 1.37. The number of nitrogens with zero attached hydrogens (tertiary/aromatic N) is 1. The van der Waals surface area contributed by atoms with Gasteiger partial charge in [-0.1, -0.05) is 12.2 Å². The Kier molecular flexibility index (Phi) is 3.43. The summed E-state index contributed by atoms with van der Waals surface area (Å²) in [4.78, 5) is 13.5. The van der Waals surface area contributed by atoms with Crippen LogP contribution in [0.5, 0.6) is 0 Å². The van der Waals surface area contributed by atoms with Crippen LogP contribution < -0.4 is 11.1 Å². The van der Waals surface area contributed by atoms with E-state index < -0.39 is 0 Å². The highest BCUT2D eigenvalue weighted by atomic mass is 32.1. The summed E-state index contributed by atoms with van der Waals surface area (Å²) in [5, 5.41) is 2.78.